The summed E-state index contributed by atoms with van der Waals surface area (Å²) in [5, 5.41) is 2.99. The molecule has 1 aliphatic heterocycles. The Morgan fingerprint density at radius 2 is 2.20 bits per heavy atom. The summed E-state index contributed by atoms with van der Waals surface area (Å²) >= 11 is 0. The highest BCUT2D eigenvalue weighted by molar-refractivity contribution is 5.71. The maximum absolute atomic E-state index is 5.74. The lowest BCUT2D eigenvalue weighted by Crippen LogP contribution is -2.60. The minimum absolute atomic E-state index is 0.537. The van der Waals surface area contributed by atoms with Crippen LogP contribution < -0.4 is 16.8 Å². The molecule has 2 atom stereocenters. The van der Waals surface area contributed by atoms with Gasteiger partial charge in [-0.15, -0.1) is 0 Å². The lowest BCUT2D eigenvalue weighted by atomic mass is 10.2. The molecule has 4 nitrogen and oxygen atoms in total. The van der Waals surface area contributed by atoms with Gasteiger partial charge in [-0.1, -0.05) is 6.92 Å². The number of hydrogen-bond donors (Lipinski definition) is 3. The molecule has 1 rings (SSSR count). The Labute approximate surface area is 60.7 Å². The highest BCUT2D eigenvalue weighted by Crippen LogP contribution is 2.13. The van der Waals surface area contributed by atoms with Gasteiger partial charge in [-0.25, -0.2) is 0 Å². The molecule has 0 aromatic carbocycles. The Kier molecular flexibility index (Phi) is 1.54. The Morgan fingerprint density at radius 3 is 2.40 bits per heavy atom. The molecule has 0 fully saturated rings. The largest absolute Gasteiger partial charge is 0.309 e. The molecule has 58 valence electrons. The van der Waals surface area contributed by atoms with E-state index in [1.807, 2.05) is 13.8 Å². The topological polar surface area (TPSA) is 76.4 Å². The van der Waals surface area contributed by atoms with Gasteiger partial charge in [-0.2, -0.15) is 0 Å². The minimum Gasteiger partial charge on any atom is -0.309 e. The Balaban J connectivity index is 2.69. The van der Waals surface area contributed by atoms with Gasteiger partial charge in [0, 0.05) is 6.21 Å². The van der Waals surface area contributed by atoms with Crippen molar-refractivity contribution in [3.8, 4) is 0 Å². The zero-order valence-electron chi connectivity index (χ0n) is 6.39. The molecule has 0 saturated heterocycles. The first-order chi connectivity index (χ1) is 4.47. The summed E-state index contributed by atoms with van der Waals surface area (Å²) in [6.07, 6.45) is 2.40. The molecule has 0 aromatic rings. The summed E-state index contributed by atoms with van der Waals surface area (Å²) in [6.45, 7) is 3.80. The standard InChI is InChI=1S/C6H14N4/c1-3-6(8)9-4-5(2,7)10-6/h4,10H,3,7-8H2,1-2H3. The second kappa shape index (κ2) is 2.02. The van der Waals surface area contributed by atoms with E-state index in [0.29, 0.717) is 0 Å². The minimum atomic E-state index is -0.635. The molecule has 0 spiro atoms. The van der Waals surface area contributed by atoms with E-state index in [4.69, 9.17) is 11.5 Å². The molecule has 0 aliphatic carbocycles. The molecule has 0 saturated carbocycles. The first-order valence-corrected chi connectivity index (χ1v) is 3.41. The predicted molar refractivity (Wildman–Crippen MR) is 41.4 cm³/mol. The van der Waals surface area contributed by atoms with Gasteiger partial charge in [0.25, 0.3) is 0 Å². The fourth-order valence-corrected chi connectivity index (χ4v) is 0.960. The van der Waals surface area contributed by atoms with Gasteiger partial charge in [-0.05, 0) is 13.3 Å². The normalized spacial score (nSPS) is 46.4. The van der Waals surface area contributed by atoms with E-state index in [-0.39, 0.29) is 0 Å². The van der Waals surface area contributed by atoms with Gasteiger partial charge in [0.15, 0.2) is 5.79 Å². The van der Waals surface area contributed by atoms with Crippen molar-refractivity contribution >= 4 is 6.21 Å². The van der Waals surface area contributed by atoms with E-state index in [9.17, 15) is 0 Å². The van der Waals surface area contributed by atoms with Crippen LogP contribution in [0.1, 0.15) is 20.3 Å². The van der Waals surface area contributed by atoms with Crippen LogP contribution in [0, 0.1) is 0 Å². The van der Waals surface area contributed by atoms with Crippen molar-refractivity contribution in [3.05, 3.63) is 0 Å². The van der Waals surface area contributed by atoms with Crippen molar-refractivity contribution in [2.45, 2.75) is 31.7 Å². The first kappa shape index (κ1) is 7.65. The van der Waals surface area contributed by atoms with Crippen molar-refractivity contribution in [1.82, 2.24) is 5.32 Å². The number of nitrogens with one attached hydrogen (secondary N) is 1. The lowest BCUT2D eigenvalue weighted by molar-refractivity contribution is 0.309. The highest BCUT2D eigenvalue weighted by atomic mass is 15.4. The van der Waals surface area contributed by atoms with Crippen LogP contribution in [0.15, 0.2) is 4.99 Å². The Morgan fingerprint density at radius 1 is 1.60 bits per heavy atom. The fourth-order valence-electron chi connectivity index (χ4n) is 0.960. The Hall–Kier alpha value is -0.450. The Bertz CT molecular complexity index is 163. The van der Waals surface area contributed by atoms with E-state index in [1.165, 1.54) is 0 Å². The van der Waals surface area contributed by atoms with E-state index in [2.05, 4.69) is 10.3 Å². The molecule has 2 unspecified atom stereocenters. The molecule has 1 aliphatic rings. The number of aliphatic imine (C=N–C) groups is 1. The molecule has 1 heterocycles. The van der Waals surface area contributed by atoms with E-state index < -0.39 is 11.4 Å². The predicted octanol–water partition coefficient (Wildman–Crippen LogP) is -0.642. The van der Waals surface area contributed by atoms with Gasteiger partial charge < -0.3 is 5.73 Å². The van der Waals surface area contributed by atoms with Crippen molar-refractivity contribution in [3.63, 3.8) is 0 Å². The summed E-state index contributed by atoms with van der Waals surface area (Å²) in [5.41, 5.74) is 10.9. The van der Waals surface area contributed by atoms with E-state index in [0.717, 1.165) is 6.42 Å². The summed E-state index contributed by atoms with van der Waals surface area (Å²) in [5.74, 6) is -0.635. The van der Waals surface area contributed by atoms with Crippen LogP contribution in [0.4, 0.5) is 0 Å². The molecule has 0 radical (unpaired) electrons. The van der Waals surface area contributed by atoms with Crippen molar-refractivity contribution in [2.75, 3.05) is 0 Å². The average Bonchev–Trinajstić information content (AvgIpc) is 2.08. The molecular weight excluding hydrogens is 128 g/mol. The van der Waals surface area contributed by atoms with Crippen LogP contribution in [0.5, 0.6) is 0 Å². The number of hydrogen-bond acceptors (Lipinski definition) is 4. The molecule has 0 amide bonds. The van der Waals surface area contributed by atoms with E-state index in [1.54, 1.807) is 6.21 Å². The summed E-state index contributed by atoms with van der Waals surface area (Å²) in [4.78, 5) is 4.06. The number of rotatable bonds is 1. The molecule has 4 heteroatoms. The van der Waals surface area contributed by atoms with Crippen LogP contribution in [0.3, 0.4) is 0 Å². The quantitative estimate of drug-likeness (QED) is 0.455. The molecular formula is C6H14N4. The van der Waals surface area contributed by atoms with Crippen LogP contribution in [-0.4, -0.2) is 17.7 Å². The van der Waals surface area contributed by atoms with Gasteiger partial charge in [0.05, 0.1) is 0 Å². The zero-order chi connectivity index (χ0) is 7.83. The monoisotopic (exact) mass is 142 g/mol. The third kappa shape index (κ3) is 1.34. The first-order valence-electron chi connectivity index (χ1n) is 3.41. The van der Waals surface area contributed by atoms with Gasteiger partial charge >= 0.3 is 0 Å². The van der Waals surface area contributed by atoms with Crippen LogP contribution in [-0.2, 0) is 0 Å². The zero-order valence-corrected chi connectivity index (χ0v) is 6.39. The van der Waals surface area contributed by atoms with Crippen LogP contribution in [0.2, 0.25) is 0 Å². The third-order valence-electron chi connectivity index (χ3n) is 1.59. The summed E-state index contributed by atoms with van der Waals surface area (Å²) in [6, 6.07) is 0. The average molecular weight is 142 g/mol. The van der Waals surface area contributed by atoms with Crippen molar-refractivity contribution < 1.29 is 0 Å². The lowest BCUT2D eigenvalue weighted by Gasteiger charge is -2.25. The maximum Gasteiger partial charge on any atom is 0.163 e. The molecule has 5 N–H and O–H groups in total. The smallest absolute Gasteiger partial charge is 0.163 e. The summed E-state index contributed by atoms with van der Waals surface area (Å²) < 4.78 is 0. The summed E-state index contributed by atoms with van der Waals surface area (Å²) in [7, 11) is 0. The third-order valence-corrected chi connectivity index (χ3v) is 1.59. The number of nitrogens with zero attached hydrogens (tertiary/aromatic N) is 1. The second-order valence-electron chi connectivity index (χ2n) is 2.94. The molecule has 10 heavy (non-hydrogen) atoms. The second-order valence-corrected chi connectivity index (χ2v) is 2.94. The highest BCUT2D eigenvalue weighted by Gasteiger charge is 2.34. The van der Waals surface area contributed by atoms with Crippen LogP contribution in [0.25, 0.3) is 0 Å². The van der Waals surface area contributed by atoms with Gasteiger partial charge in [0.2, 0.25) is 0 Å². The van der Waals surface area contributed by atoms with Gasteiger partial charge in [0.1, 0.15) is 5.66 Å². The molecule has 0 bridgehead atoms. The van der Waals surface area contributed by atoms with Crippen LogP contribution >= 0.6 is 0 Å². The van der Waals surface area contributed by atoms with Gasteiger partial charge in [-0.3, -0.25) is 16.0 Å². The fraction of sp³-hybridized carbons (Fsp3) is 0.833. The molecule has 0 aromatic heterocycles. The van der Waals surface area contributed by atoms with E-state index >= 15 is 0 Å². The maximum atomic E-state index is 5.74. The number of nitrogens with two attached hydrogens (primary N) is 2. The van der Waals surface area contributed by atoms with Crippen molar-refractivity contribution in [1.29, 1.82) is 0 Å². The SMILES string of the molecule is CCC1(N)N=CC(C)(N)N1. The van der Waals surface area contributed by atoms with Crippen molar-refractivity contribution in [2.24, 2.45) is 16.5 Å².